The molecule has 0 aliphatic rings. The Morgan fingerprint density at radius 2 is 2.18 bits per heavy atom. The summed E-state index contributed by atoms with van der Waals surface area (Å²) in [5, 5.41) is 3.26. The molecule has 1 aromatic rings. The summed E-state index contributed by atoms with van der Waals surface area (Å²) in [4.78, 5) is 8.14. The van der Waals surface area contributed by atoms with Crippen LogP contribution in [-0.2, 0) is 0 Å². The quantitative estimate of drug-likeness (QED) is 0.642. The number of aromatic nitrogens is 2. The van der Waals surface area contributed by atoms with Crippen molar-refractivity contribution in [3.63, 3.8) is 0 Å². The molecule has 1 rings (SSSR count). The van der Waals surface area contributed by atoms with Crippen molar-refractivity contribution in [2.45, 2.75) is 32.6 Å². The smallest absolute Gasteiger partial charge is 0.218 e. The van der Waals surface area contributed by atoms with Crippen LogP contribution >= 0.6 is 0 Å². The number of rotatable bonds is 9. The molecule has 0 amide bonds. The fourth-order valence-corrected chi connectivity index (χ4v) is 1.45. The maximum Gasteiger partial charge on any atom is 0.218 e. The van der Waals surface area contributed by atoms with Gasteiger partial charge >= 0.3 is 0 Å². The molecule has 0 aliphatic carbocycles. The van der Waals surface area contributed by atoms with Crippen LogP contribution in [0.1, 0.15) is 32.6 Å². The monoisotopic (exact) mass is 238 g/mol. The summed E-state index contributed by atoms with van der Waals surface area (Å²) in [5.41, 5.74) is 5.36. The zero-order chi connectivity index (χ0) is 12.3. The van der Waals surface area contributed by atoms with Gasteiger partial charge in [-0.1, -0.05) is 26.2 Å². The second-order valence-electron chi connectivity index (χ2n) is 3.87. The lowest BCUT2D eigenvalue weighted by Gasteiger charge is -2.07. The van der Waals surface area contributed by atoms with E-state index in [9.17, 15) is 0 Å². The molecule has 0 bridgehead atoms. The molecule has 0 atom stereocenters. The lowest BCUT2D eigenvalue weighted by Crippen LogP contribution is -2.11. The lowest BCUT2D eigenvalue weighted by atomic mass is 10.2. The summed E-state index contributed by atoms with van der Waals surface area (Å²) in [6, 6.07) is 1.80. The largest absolute Gasteiger partial charge is 0.476 e. The Balaban J connectivity index is 2.27. The van der Waals surface area contributed by atoms with Gasteiger partial charge in [0.1, 0.15) is 18.8 Å². The third kappa shape index (κ3) is 6.06. The number of ether oxygens (including phenoxy) is 1. The van der Waals surface area contributed by atoms with Gasteiger partial charge in [-0.25, -0.2) is 9.97 Å². The number of unbranched alkanes of at least 4 members (excludes halogenated alkanes) is 3. The molecule has 0 saturated heterocycles. The molecular weight excluding hydrogens is 216 g/mol. The topological polar surface area (TPSA) is 73.1 Å². The van der Waals surface area contributed by atoms with Crippen LogP contribution in [0.15, 0.2) is 12.4 Å². The number of hydrogen-bond donors (Lipinski definition) is 2. The van der Waals surface area contributed by atoms with Gasteiger partial charge in [0.25, 0.3) is 0 Å². The molecule has 96 valence electrons. The maximum atomic E-state index is 5.36. The first-order valence-corrected chi connectivity index (χ1v) is 6.25. The lowest BCUT2D eigenvalue weighted by molar-refractivity contribution is 0.315. The number of anilines is 1. The van der Waals surface area contributed by atoms with Crippen LogP contribution < -0.4 is 15.8 Å². The summed E-state index contributed by atoms with van der Waals surface area (Å²) in [6.45, 7) is 4.11. The van der Waals surface area contributed by atoms with E-state index in [1.807, 2.05) is 0 Å². The Kier molecular flexibility index (Phi) is 7.06. The Bertz CT molecular complexity index is 306. The zero-order valence-corrected chi connectivity index (χ0v) is 10.5. The normalized spacial score (nSPS) is 10.2. The highest BCUT2D eigenvalue weighted by Crippen LogP contribution is 2.11. The van der Waals surface area contributed by atoms with E-state index in [1.165, 1.54) is 25.6 Å². The number of nitrogens with two attached hydrogens (primary N) is 1. The number of nitrogens with zero attached hydrogens (tertiary/aromatic N) is 2. The predicted molar refractivity (Wildman–Crippen MR) is 69.2 cm³/mol. The molecule has 3 N–H and O–H groups in total. The molecule has 1 aromatic heterocycles. The molecule has 0 aliphatic heterocycles. The predicted octanol–water partition coefficient (Wildman–Crippen LogP) is 1.81. The molecule has 0 saturated carbocycles. The molecule has 0 unspecified atom stereocenters. The standard InChI is InChI=1S/C12H22N4O/c1-2-3-4-5-7-14-11-9-12(16-10-15-11)17-8-6-13/h9-10H,2-8,13H2,1H3,(H,14,15,16). The molecule has 5 nitrogen and oxygen atoms in total. The number of hydrogen-bond acceptors (Lipinski definition) is 5. The first-order chi connectivity index (χ1) is 8.36. The first-order valence-electron chi connectivity index (χ1n) is 6.25. The van der Waals surface area contributed by atoms with E-state index in [0.29, 0.717) is 19.0 Å². The van der Waals surface area contributed by atoms with Gasteiger partial charge in [0, 0.05) is 19.2 Å². The highest BCUT2D eigenvalue weighted by atomic mass is 16.5. The van der Waals surface area contributed by atoms with Gasteiger partial charge in [-0.3, -0.25) is 0 Å². The minimum atomic E-state index is 0.479. The van der Waals surface area contributed by atoms with E-state index >= 15 is 0 Å². The summed E-state index contributed by atoms with van der Waals surface area (Å²) < 4.78 is 5.32. The molecule has 5 heteroatoms. The third-order valence-electron chi connectivity index (χ3n) is 2.35. The van der Waals surface area contributed by atoms with Crippen LogP contribution in [0.2, 0.25) is 0 Å². The molecule has 17 heavy (non-hydrogen) atoms. The number of nitrogens with one attached hydrogen (secondary N) is 1. The Morgan fingerprint density at radius 3 is 2.94 bits per heavy atom. The van der Waals surface area contributed by atoms with E-state index in [0.717, 1.165) is 18.8 Å². The summed E-state index contributed by atoms with van der Waals surface area (Å²) in [7, 11) is 0. The molecule has 1 heterocycles. The van der Waals surface area contributed by atoms with E-state index in [1.54, 1.807) is 6.07 Å². The van der Waals surface area contributed by atoms with Gasteiger partial charge in [0.05, 0.1) is 0 Å². The van der Waals surface area contributed by atoms with Gasteiger partial charge in [-0.15, -0.1) is 0 Å². The van der Waals surface area contributed by atoms with Crippen LogP contribution in [0.4, 0.5) is 5.82 Å². The Hall–Kier alpha value is -1.36. The average Bonchev–Trinajstić information content (AvgIpc) is 2.37. The van der Waals surface area contributed by atoms with Crippen molar-refractivity contribution >= 4 is 5.82 Å². The highest BCUT2D eigenvalue weighted by Gasteiger charge is 1.98. The van der Waals surface area contributed by atoms with E-state index in [2.05, 4.69) is 22.2 Å². The first kappa shape index (κ1) is 13.7. The summed E-state index contributed by atoms with van der Waals surface area (Å²) in [6.07, 6.45) is 6.46. The molecular formula is C12H22N4O. The van der Waals surface area contributed by atoms with Crippen molar-refractivity contribution in [2.75, 3.05) is 25.0 Å². The van der Waals surface area contributed by atoms with Crippen molar-refractivity contribution in [2.24, 2.45) is 5.73 Å². The highest BCUT2D eigenvalue weighted by molar-refractivity contribution is 5.36. The van der Waals surface area contributed by atoms with Crippen molar-refractivity contribution < 1.29 is 4.74 Å². The van der Waals surface area contributed by atoms with Crippen LogP contribution in [0.5, 0.6) is 5.88 Å². The fourth-order valence-electron chi connectivity index (χ4n) is 1.45. The van der Waals surface area contributed by atoms with Gasteiger partial charge in [0.2, 0.25) is 5.88 Å². The zero-order valence-electron chi connectivity index (χ0n) is 10.5. The second kappa shape index (κ2) is 8.75. The minimum absolute atomic E-state index is 0.479. The molecule has 0 radical (unpaired) electrons. The van der Waals surface area contributed by atoms with E-state index in [4.69, 9.17) is 10.5 Å². The van der Waals surface area contributed by atoms with Gasteiger partial charge in [-0.05, 0) is 6.42 Å². The van der Waals surface area contributed by atoms with E-state index < -0.39 is 0 Å². The molecule has 0 spiro atoms. The van der Waals surface area contributed by atoms with Crippen molar-refractivity contribution in [3.8, 4) is 5.88 Å². The van der Waals surface area contributed by atoms with Crippen LogP contribution in [0, 0.1) is 0 Å². The second-order valence-corrected chi connectivity index (χ2v) is 3.87. The van der Waals surface area contributed by atoms with Crippen molar-refractivity contribution in [1.29, 1.82) is 0 Å². The van der Waals surface area contributed by atoms with Crippen LogP contribution in [-0.4, -0.2) is 29.7 Å². The molecule has 0 aromatic carbocycles. The van der Waals surface area contributed by atoms with Gasteiger partial charge in [-0.2, -0.15) is 0 Å². The maximum absolute atomic E-state index is 5.36. The third-order valence-corrected chi connectivity index (χ3v) is 2.35. The molecule has 0 fully saturated rings. The van der Waals surface area contributed by atoms with Crippen LogP contribution in [0.3, 0.4) is 0 Å². The average molecular weight is 238 g/mol. The Morgan fingerprint density at radius 1 is 1.29 bits per heavy atom. The van der Waals surface area contributed by atoms with Crippen LogP contribution in [0.25, 0.3) is 0 Å². The SMILES string of the molecule is CCCCCCNc1cc(OCCN)ncn1. The van der Waals surface area contributed by atoms with Crippen molar-refractivity contribution in [1.82, 2.24) is 9.97 Å². The Labute approximate surface area is 103 Å². The van der Waals surface area contributed by atoms with Crippen molar-refractivity contribution in [3.05, 3.63) is 12.4 Å². The van der Waals surface area contributed by atoms with Gasteiger partial charge in [0.15, 0.2) is 0 Å². The summed E-state index contributed by atoms with van der Waals surface area (Å²) >= 11 is 0. The summed E-state index contributed by atoms with van der Waals surface area (Å²) in [5.74, 6) is 1.38. The fraction of sp³-hybridized carbons (Fsp3) is 0.667. The van der Waals surface area contributed by atoms with Gasteiger partial charge < -0.3 is 15.8 Å². The minimum Gasteiger partial charge on any atom is -0.476 e. The van der Waals surface area contributed by atoms with E-state index in [-0.39, 0.29) is 0 Å².